The zero-order valence-electron chi connectivity index (χ0n) is 17.4. The van der Waals surface area contributed by atoms with Crippen LogP contribution in [0.5, 0.6) is 17.2 Å². The lowest BCUT2D eigenvalue weighted by molar-refractivity contribution is 0.274. The fourth-order valence-corrected chi connectivity index (χ4v) is 3.59. The summed E-state index contributed by atoms with van der Waals surface area (Å²) in [5, 5.41) is 9.58. The molecule has 1 N–H and O–H groups in total. The molecule has 2 aromatic carbocycles. The molecule has 0 heterocycles. The van der Waals surface area contributed by atoms with E-state index in [0.717, 1.165) is 22.3 Å². The van der Waals surface area contributed by atoms with Crippen LogP contribution >= 0.6 is 0 Å². The molecular weight excluding hydrogens is 388 g/mol. The van der Waals surface area contributed by atoms with E-state index >= 15 is 0 Å². The predicted octanol–water partition coefficient (Wildman–Crippen LogP) is 3.94. The third-order valence-electron chi connectivity index (χ3n) is 4.50. The lowest BCUT2D eigenvalue weighted by Crippen LogP contribution is -2.04. The number of aliphatic hydroxyl groups is 1. The van der Waals surface area contributed by atoms with Crippen molar-refractivity contribution in [1.82, 2.24) is 0 Å². The summed E-state index contributed by atoms with van der Waals surface area (Å²) in [5.41, 5.74) is 3.17. The largest absolute Gasteiger partial charge is 0.493 e. The molecule has 0 radical (unpaired) electrons. The van der Waals surface area contributed by atoms with Crippen molar-refractivity contribution in [3.8, 4) is 17.2 Å². The van der Waals surface area contributed by atoms with Crippen molar-refractivity contribution in [3.63, 3.8) is 0 Å². The van der Waals surface area contributed by atoms with Crippen molar-refractivity contribution in [2.24, 2.45) is 0 Å². The molecule has 0 spiro atoms. The molecule has 0 amide bonds. The van der Waals surface area contributed by atoms with Gasteiger partial charge in [-0.15, -0.1) is 0 Å². The molecular formula is C23H28O5S. The van der Waals surface area contributed by atoms with Gasteiger partial charge >= 0.3 is 0 Å². The van der Waals surface area contributed by atoms with E-state index in [9.17, 15) is 9.32 Å². The Kier molecular flexibility index (Phi) is 7.53. The van der Waals surface area contributed by atoms with Gasteiger partial charge in [-0.3, -0.25) is 4.21 Å². The first kappa shape index (κ1) is 22.6. The van der Waals surface area contributed by atoms with Crippen LogP contribution in [-0.4, -0.2) is 42.3 Å². The lowest BCUT2D eigenvalue weighted by atomic mass is 9.99. The maximum atomic E-state index is 12.1. The Morgan fingerprint density at radius 1 is 1.10 bits per heavy atom. The van der Waals surface area contributed by atoms with Crippen molar-refractivity contribution in [3.05, 3.63) is 65.8 Å². The molecule has 5 nitrogen and oxygen atoms in total. The number of rotatable bonds is 9. The highest BCUT2D eigenvalue weighted by atomic mass is 32.2. The Balaban J connectivity index is 2.48. The number of aliphatic hydroxyl groups excluding tert-OH is 1. The molecule has 0 bridgehead atoms. The van der Waals surface area contributed by atoms with E-state index in [0.29, 0.717) is 22.1 Å². The topological polar surface area (TPSA) is 65.0 Å². The summed E-state index contributed by atoms with van der Waals surface area (Å²) in [5.74, 6) is 5.19. The molecule has 0 aliphatic rings. The number of benzene rings is 2. The first-order valence-electron chi connectivity index (χ1n) is 8.99. The first-order valence-corrected chi connectivity index (χ1v) is 11.1. The molecule has 0 aliphatic heterocycles. The standard InChI is InChI=1S/C23H28O5S/c1-7-19(16(2)14-24)20-12-13-21(26-3)23(27-4)22(20)28-15-17-8-10-18(11-9-17)29(5,6)25/h7-13,24H,1,5,14-15H2,2-4,6H3. The predicted molar refractivity (Wildman–Crippen MR) is 120 cm³/mol. The Bertz CT molecular complexity index is 1000. The molecule has 1 unspecified atom stereocenters. The summed E-state index contributed by atoms with van der Waals surface area (Å²) in [6.07, 6.45) is 3.29. The van der Waals surface area contributed by atoms with E-state index in [1.807, 2.05) is 25.1 Å². The molecule has 1 atom stereocenters. The van der Waals surface area contributed by atoms with Gasteiger partial charge in [0, 0.05) is 16.7 Å². The van der Waals surface area contributed by atoms with Gasteiger partial charge in [-0.05, 0) is 63.3 Å². The fourth-order valence-electron chi connectivity index (χ4n) is 2.88. The quantitative estimate of drug-likeness (QED) is 0.495. The van der Waals surface area contributed by atoms with Crippen LogP contribution in [0.4, 0.5) is 0 Å². The summed E-state index contributed by atoms with van der Waals surface area (Å²) in [6, 6.07) is 10.9. The molecule has 6 heteroatoms. The third-order valence-corrected chi connectivity index (χ3v) is 5.77. The van der Waals surface area contributed by atoms with Crippen LogP contribution in [0.15, 0.2) is 59.5 Å². The molecule has 0 saturated heterocycles. The van der Waals surface area contributed by atoms with Crippen molar-refractivity contribution in [1.29, 1.82) is 0 Å². The van der Waals surface area contributed by atoms with E-state index in [1.165, 1.54) is 0 Å². The van der Waals surface area contributed by atoms with Crippen LogP contribution in [-0.2, 0) is 16.1 Å². The van der Waals surface area contributed by atoms with E-state index in [4.69, 9.17) is 14.2 Å². The molecule has 2 rings (SSSR count). The molecule has 156 valence electrons. The van der Waals surface area contributed by atoms with Crippen LogP contribution in [0, 0.1) is 0 Å². The Labute approximate surface area is 173 Å². The van der Waals surface area contributed by atoms with E-state index in [1.54, 1.807) is 44.8 Å². The van der Waals surface area contributed by atoms with Crippen LogP contribution in [0.2, 0.25) is 0 Å². The Morgan fingerprint density at radius 2 is 1.76 bits per heavy atom. The minimum Gasteiger partial charge on any atom is -0.493 e. The van der Waals surface area contributed by atoms with Gasteiger partial charge in [0.1, 0.15) is 6.61 Å². The average molecular weight is 417 g/mol. The highest BCUT2D eigenvalue weighted by Crippen LogP contribution is 2.43. The molecule has 0 saturated carbocycles. The average Bonchev–Trinajstić information content (AvgIpc) is 2.72. The lowest BCUT2D eigenvalue weighted by Gasteiger charge is -2.19. The van der Waals surface area contributed by atoms with Gasteiger partial charge in [0.25, 0.3) is 0 Å². The van der Waals surface area contributed by atoms with Gasteiger partial charge in [0.2, 0.25) is 5.75 Å². The second-order valence-corrected chi connectivity index (χ2v) is 9.15. The highest BCUT2D eigenvalue weighted by molar-refractivity contribution is 7.99. The molecule has 29 heavy (non-hydrogen) atoms. The van der Waals surface area contributed by atoms with Gasteiger partial charge in [-0.25, -0.2) is 0 Å². The van der Waals surface area contributed by atoms with Crippen molar-refractivity contribution in [2.45, 2.75) is 18.4 Å². The van der Waals surface area contributed by atoms with Crippen molar-refractivity contribution >= 4 is 21.0 Å². The second-order valence-electron chi connectivity index (χ2n) is 6.67. The van der Waals surface area contributed by atoms with Crippen LogP contribution in [0.3, 0.4) is 0 Å². The summed E-state index contributed by atoms with van der Waals surface area (Å²) in [4.78, 5) is 0.691. The van der Waals surface area contributed by atoms with E-state index in [2.05, 4.69) is 12.4 Å². The molecule has 2 aromatic rings. The Hall–Kier alpha value is -2.70. The van der Waals surface area contributed by atoms with Gasteiger partial charge < -0.3 is 19.3 Å². The summed E-state index contributed by atoms with van der Waals surface area (Å²) in [7, 11) is 0.849. The SMILES string of the molecule is C=CC(=C(C)CO)c1ccc(OC)c(OC)c1OCc1ccc(S(=C)(C)=O)cc1. The monoisotopic (exact) mass is 416 g/mol. The van der Waals surface area contributed by atoms with E-state index in [-0.39, 0.29) is 13.2 Å². The maximum Gasteiger partial charge on any atom is 0.203 e. The zero-order chi connectivity index (χ0) is 21.6. The first-order chi connectivity index (χ1) is 13.8. The van der Waals surface area contributed by atoms with Crippen molar-refractivity contribution in [2.75, 3.05) is 27.1 Å². The zero-order valence-corrected chi connectivity index (χ0v) is 18.2. The smallest absolute Gasteiger partial charge is 0.203 e. The second kappa shape index (κ2) is 9.67. The fraction of sp³-hybridized carbons (Fsp3) is 0.261. The van der Waals surface area contributed by atoms with Crippen molar-refractivity contribution < 1.29 is 23.5 Å². The molecule has 0 aliphatic carbocycles. The number of ether oxygens (including phenoxy) is 3. The van der Waals surface area contributed by atoms with Crippen LogP contribution in [0.1, 0.15) is 18.1 Å². The minimum absolute atomic E-state index is 0.0993. The minimum atomic E-state index is -2.26. The number of methoxy groups -OCH3 is 2. The summed E-state index contributed by atoms with van der Waals surface area (Å²) >= 11 is 0. The summed E-state index contributed by atoms with van der Waals surface area (Å²) < 4.78 is 29.2. The molecule has 0 aromatic heterocycles. The number of allylic oxidation sites excluding steroid dienone is 2. The van der Waals surface area contributed by atoms with E-state index < -0.39 is 9.52 Å². The third kappa shape index (κ3) is 5.22. The highest BCUT2D eigenvalue weighted by Gasteiger charge is 2.19. The van der Waals surface area contributed by atoms with Crippen LogP contribution in [0.25, 0.3) is 5.57 Å². The Morgan fingerprint density at radius 3 is 2.24 bits per heavy atom. The van der Waals surface area contributed by atoms with Gasteiger partial charge in [-0.2, -0.15) is 0 Å². The van der Waals surface area contributed by atoms with Gasteiger partial charge in [0.05, 0.1) is 20.8 Å². The molecule has 0 fully saturated rings. The maximum absolute atomic E-state index is 12.1. The number of hydrogen-bond acceptors (Lipinski definition) is 5. The van der Waals surface area contributed by atoms with Gasteiger partial charge in [-0.1, -0.05) is 24.8 Å². The van der Waals surface area contributed by atoms with Crippen LogP contribution < -0.4 is 14.2 Å². The van der Waals surface area contributed by atoms with Gasteiger partial charge in [0.15, 0.2) is 11.5 Å². The number of hydrogen-bond donors (Lipinski definition) is 1. The normalized spacial score (nSPS) is 13.8. The summed E-state index contributed by atoms with van der Waals surface area (Å²) in [6.45, 7) is 5.86.